The lowest BCUT2D eigenvalue weighted by Gasteiger charge is -2.27. The van der Waals surface area contributed by atoms with Gasteiger partial charge in [-0.05, 0) is 31.7 Å². The SMILES string of the molecule is OC1CCCCC1CNCCCF. The van der Waals surface area contributed by atoms with E-state index in [0.717, 1.165) is 32.4 Å². The van der Waals surface area contributed by atoms with E-state index in [9.17, 15) is 9.50 Å². The van der Waals surface area contributed by atoms with Crippen LogP contribution in [0.5, 0.6) is 0 Å². The highest BCUT2D eigenvalue weighted by molar-refractivity contribution is 4.75. The summed E-state index contributed by atoms with van der Waals surface area (Å²) in [4.78, 5) is 0. The zero-order valence-corrected chi connectivity index (χ0v) is 8.14. The third-order valence-corrected chi connectivity index (χ3v) is 2.76. The van der Waals surface area contributed by atoms with Crippen molar-refractivity contribution in [2.45, 2.75) is 38.2 Å². The summed E-state index contributed by atoms with van der Waals surface area (Å²) in [5.41, 5.74) is 0. The molecule has 2 N–H and O–H groups in total. The molecule has 0 aromatic rings. The Morgan fingerprint density at radius 1 is 1.31 bits per heavy atom. The Morgan fingerprint density at radius 2 is 2.08 bits per heavy atom. The van der Waals surface area contributed by atoms with Crippen LogP contribution in [0.15, 0.2) is 0 Å². The molecule has 0 amide bonds. The van der Waals surface area contributed by atoms with Crippen LogP contribution in [-0.4, -0.2) is 31.0 Å². The Labute approximate surface area is 79.5 Å². The van der Waals surface area contributed by atoms with Crippen LogP contribution in [0.1, 0.15) is 32.1 Å². The highest BCUT2D eigenvalue weighted by Gasteiger charge is 2.21. The van der Waals surface area contributed by atoms with E-state index in [1.807, 2.05) is 0 Å². The van der Waals surface area contributed by atoms with Gasteiger partial charge < -0.3 is 10.4 Å². The molecule has 0 heterocycles. The molecular weight excluding hydrogens is 169 g/mol. The number of nitrogens with one attached hydrogen (secondary N) is 1. The first kappa shape index (κ1) is 10.9. The Balaban J connectivity index is 2.05. The number of aliphatic hydroxyl groups excluding tert-OH is 1. The fourth-order valence-electron chi connectivity index (χ4n) is 1.91. The molecule has 0 bridgehead atoms. The molecule has 0 aromatic heterocycles. The lowest BCUT2D eigenvalue weighted by Crippen LogP contribution is -2.34. The van der Waals surface area contributed by atoms with Gasteiger partial charge in [-0.3, -0.25) is 4.39 Å². The average molecular weight is 189 g/mol. The number of rotatable bonds is 5. The van der Waals surface area contributed by atoms with Crippen molar-refractivity contribution in [3.05, 3.63) is 0 Å². The second-order valence-electron chi connectivity index (χ2n) is 3.86. The van der Waals surface area contributed by atoms with Crippen molar-refractivity contribution in [3.8, 4) is 0 Å². The quantitative estimate of drug-likeness (QED) is 0.642. The van der Waals surface area contributed by atoms with Crippen LogP contribution in [0, 0.1) is 5.92 Å². The molecule has 2 nitrogen and oxygen atoms in total. The minimum Gasteiger partial charge on any atom is -0.393 e. The van der Waals surface area contributed by atoms with Crippen molar-refractivity contribution in [2.24, 2.45) is 5.92 Å². The normalized spacial score (nSPS) is 29.1. The largest absolute Gasteiger partial charge is 0.393 e. The van der Waals surface area contributed by atoms with E-state index in [4.69, 9.17) is 0 Å². The summed E-state index contributed by atoms with van der Waals surface area (Å²) in [6.45, 7) is 1.33. The Bertz CT molecular complexity index is 132. The van der Waals surface area contributed by atoms with Gasteiger partial charge in [0, 0.05) is 6.54 Å². The fourth-order valence-corrected chi connectivity index (χ4v) is 1.91. The van der Waals surface area contributed by atoms with E-state index >= 15 is 0 Å². The molecule has 1 saturated carbocycles. The van der Waals surface area contributed by atoms with Gasteiger partial charge in [-0.2, -0.15) is 0 Å². The van der Waals surface area contributed by atoms with Gasteiger partial charge in [0.25, 0.3) is 0 Å². The lowest BCUT2D eigenvalue weighted by molar-refractivity contribution is 0.0697. The third kappa shape index (κ3) is 4.05. The molecule has 2 atom stereocenters. The molecule has 2 unspecified atom stereocenters. The van der Waals surface area contributed by atoms with E-state index in [1.54, 1.807) is 0 Å². The van der Waals surface area contributed by atoms with E-state index in [0.29, 0.717) is 12.3 Å². The maximum absolute atomic E-state index is 11.7. The molecule has 13 heavy (non-hydrogen) atoms. The average Bonchev–Trinajstić information content (AvgIpc) is 2.15. The van der Waals surface area contributed by atoms with E-state index < -0.39 is 0 Å². The van der Waals surface area contributed by atoms with Crippen LogP contribution in [0.25, 0.3) is 0 Å². The van der Waals surface area contributed by atoms with Crippen LogP contribution in [0.4, 0.5) is 4.39 Å². The molecule has 0 aliphatic heterocycles. The second kappa shape index (κ2) is 6.33. The second-order valence-corrected chi connectivity index (χ2v) is 3.86. The minimum atomic E-state index is -0.250. The maximum atomic E-state index is 11.7. The Kier molecular flexibility index (Phi) is 5.32. The van der Waals surface area contributed by atoms with Crippen molar-refractivity contribution in [1.29, 1.82) is 0 Å². The molecule has 1 fully saturated rings. The highest BCUT2D eigenvalue weighted by atomic mass is 19.1. The standard InChI is InChI=1S/C10H20FNO/c11-6-3-7-12-8-9-4-1-2-5-10(9)13/h9-10,12-13H,1-8H2. The summed E-state index contributed by atoms with van der Waals surface area (Å²) in [5.74, 6) is 0.397. The first-order chi connectivity index (χ1) is 6.34. The van der Waals surface area contributed by atoms with Crippen molar-refractivity contribution in [3.63, 3.8) is 0 Å². The van der Waals surface area contributed by atoms with Crippen LogP contribution >= 0.6 is 0 Å². The summed E-state index contributed by atoms with van der Waals surface area (Å²) in [5, 5.41) is 12.8. The van der Waals surface area contributed by atoms with Crippen LogP contribution < -0.4 is 5.32 Å². The van der Waals surface area contributed by atoms with Crippen molar-refractivity contribution >= 4 is 0 Å². The van der Waals surface area contributed by atoms with E-state index in [-0.39, 0.29) is 12.8 Å². The monoisotopic (exact) mass is 189 g/mol. The topological polar surface area (TPSA) is 32.3 Å². The highest BCUT2D eigenvalue weighted by Crippen LogP contribution is 2.23. The number of alkyl halides is 1. The zero-order valence-electron chi connectivity index (χ0n) is 8.14. The van der Waals surface area contributed by atoms with Crippen LogP contribution in [-0.2, 0) is 0 Å². The van der Waals surface area contributed by atoms with Crippen LogP contribution in [0.2, 0.25) is 0 Å². The van der Waals surface area contributed by atoms with Gasteiger partial charge >= 0.3 is 0 Å². The maximum Gasteiger partial charge on any atom is 0.0906 e. The first-order valence-corrected chi connectivity index (χ1v) is 5.29. The van der Waals surface area contributed by atoms with Crippen molar-refractivity contribution in [2.75, 3.05) is 19.8 Å². The summed E-state index contributed by atoms with van der Waals surface area (Å²) < 4.78 is 11.7. The van der Waals surface area contributed by atoms with Gasteiger partial charge in [-0.25, -0.2) is 0 Å². The Morgan fingerprint density at radius 3 is 2.77 bits per heavy atom. The number of hydrogen-bond acceptors (Lipinski definition) is 2. The number of hydrogen-bond donors (Lipinski definition) is 2. The number of aliphatic hydroxyl groups is 1. The lowest BCUT2D eigenvalue weighted by atomic mass is 9.86. The van der Waals surface area contributed by atoms with Crippen molar-refractivity contribution in [1.82, 2.24) is 5.32 Å². The van der Waals surface area contributed by atoms with Gasteiger partial charge in [-0.1, -0.05) is 12.8 Å². The predicted octanol–water partition coefficient (Wildman–Crippen LogP) is 1.49. The van der Waals surface area contributed by atoms with Gasteiger partial charge in [0.15, 0.2) is 0 Å². The summed E-state index contributed by atoms with van der Waals surface area (Å²) in [6, 6.07) is 0. The summed E-state index contributed by atoms with van der Waals surface area (Å²) >= 11 is 0. The van der Waals surface area contributed by atoms with Crippen LogP contribution in [0.3, 0.4) is 0 Å². The molecule has 0 spiro atoms. The Hall–Kier alpha value is -0.150. The fraction of sp³-hybridized carbons (Fsp3) is 1.00. The van der Waals surface area contributed by atoms with Gasteiger partial charge in [0.2, 0.25) is 0 Å². The number of halogens is 1. The molecule has 3 heteroatoms. The molecule has 0 saturated heterocycles. The third-order valence-electron chi connectivity index (χ3n) is 2.76. The zero-order chi connectivity index (χ0) is 9.52. The van der Waals surface area contributed by atoms with Crippen molar-refractivity contribution < 1.29 is 9.50 Å². The summed E-state index contributed by atoms with van der Waals surface area (Å²) in [6.07, 6.45) is 4.89. The molecule has 0 radical (unpaired) electrons. The van der Waals surface area contributed by atoms with E-state index in [2.05, 4.69) is 5.32 Å². The van der Waals surface area contributed by atoms with Gasteiger partial charge in [0.05, 0.1) is 12.8 Å². The first-order valence-electron chi connectivity index (χ1n) is 5.29. The summed E-state index contributed by atoms with van der Waals surface area (Å²) in [7, 11) is 0. The predicted molar refractivity (Wildman–Crippen MR) is 51.4 cm³/mol. The molecule has 1 aliphatic carbocycles. The molecular formula is C10H20FNO. The van der Waals surface area contributed by atoms with Gasteiger partial charge in [-0.15, -0.1) is 0 Å². The van der Waals surface area contributed by atoms with Gasteiger partial charge in [0.1, 0.15) is 0 Å². The molecule has 78 valence electrons. The molecule has 1 aliphatic rings. The smallest absolute Gasteiger partial charge is 0.0906 e. The minimum absolute atomic E-state index is 0.133. The molecule has 0 aromatic carbocycles. The van der Waals surface area contributed by atoms with E-state index in [1.165, 1.54) is 6.42 Å². The molecule has 1 rings (SSSR count).